The highest BCUT2D eigenvalue weighted by Gasteiger charge is 2.13. The Bertz CT molecular complexity index is 359. The predicted octanol–water partition coefficient (Wildman–Crippen LogP) is 2.54. The van der Waals surface area contributed by atoms with E-state index in [0.717, 1.165) is 24.3 Å². The third kappa shape index (κ3) is 3.37. The molecule has 0 saturated heterocycles. The standard InChI is InChI=1S/C14H23NO2/c1-5-11(9-15)7-13-10(2)6-12(16-3)8-14(13)17-4/h6,8,11H,5,7,9,15H2,1-4H3. The van der Waals surface area contributed by atoms with Crippen molar-refractivity contribution in [2.45, 2.75) is 26.7 Å². The molecule has 1 unspecified atom stereocenters. The molecular formula is C14H23NO2. The van der Waals surface area contributed by atoms with Crippen LogP contribution in [0.3, 0.4) is 0 Å². The van der Waals surface area contributed by atoms with E-state index < -0.39 is 0 Å². The molecule has 0 fully saturated rings. The van der Waals surface area contributed by atoms with Gasteiger partial charge in [0.1, 0.15) is 11.5 Å². The van der Waals surface area contributed by atoms with E-state index >= 15 is 0 Å². The van der Waals surface area contributed by atoms with Gasteiger partial charge in [-0.2, -0.15) is 0 Å². The average Bonchev–Trinajstić information content (AvgIpc) is 2.36. The van der Waals surface area contributed by atoms with Crippen LogP contribution in [0.15, 0.2) is 12.1 Å². The molecule has 0 saturated carbocycles. The minimum atomic E-state index is 0.510. The van der Waals surface area contributed by atoms with Crippen LogP contribution in [0.2, 0.25) is 0 Å². The van der Waals surface area contributed by atoms with Gasteiger partial charge in [-0.3, -0.25) is 0 Å². The fourth-order valence-corrected chi connectivity index (χ4v) is 2.00. The van der Waals surface area contributed by atoms with E-state index in [1.54, 1.807) is 14.2 Å². The van der Waals surface area contributed by atoms with E-state index in [9.17, 15) is 0 Å². The average molecular weight is 237 g/mol. The highest BCUT2D eigenvalue weighted by atomic mass is 16.5. The zero-order chi connectivity index (χ0) is 12.8. The van der Waals surface area contributed by atoms with Crippen LogP contribution in [-0.4, -0.2) is 20.8 Å². The summed E-state index contributed by atoms with van der Waals surface area (Å²) < 4.78 is 10.7. The number of hydrogen-bond acceptors (Lipinski definition) is 3. The van der Waals surface area contributed by atoms with Gasteiger partial charge in [-0.05, 0) is 43.0 Å². The zero-order valence-corrected chi connectivity index (χ0v) is 11.2. The molecule has 0 spiro atoms. The van der Waals surface area contributed by atoms with E-state index in [1.165, 1.54) is 11.1 Å². The molecule has 96 valence electrons. The van der Waals surface area contributed by atoms with Gasteiger partial charge in [0, 0.05) is 6.07 Å². The number of rotatable bonds is 6. The third-order valence-corrected chi connectivity index (χ3v) is 3.26. The van der Waals surface area contributed by atoms with Gasteiger partial charge in [0.25, 0.3) is 0 Å². The molecule has 3 nitrogen and oxygen atoms in total. The molecule has 1 rings (SSSR count). The van der Waals surface area contributed by atoms with Gasteiger partial charge in [-0.25, -0.2) is 0 Å². The first kappa shape index (κ1) is 13.8. The summed E-state index contributed by atoms with van der Waals surface area (Å²) in [5, 5.41) is 0. The van der Waals surface area contributed by atoms with Crippen LogP contribution in [-0.2, 0) is 6.42 Å². The van der Waals surface area contributed by atoms with E-state index in [-0.39, 0.29) is 0 Å². The first-order valence-corrected chi connectivity index (χ1v) is 6.07. The van der Waals surface area contributed by atoms with Crippen molar-refractivity contribution in [3.8, 4) is 11.5 Å². The molecule has 1 aromatic rings. The van der Waals surface area contributed by atoms with Crippen molar-refractivity contribution in [3.05, 3.63) is 23.3 Å². The Balaban J connectivity index is 3.04. The van der Waals surface area contributed by atoms with Gasteiger partial charge in [0.05, 0.1) is 14.2 Å². The van der Waals surface area contributed by atoms with E-state index in [0.29, 0.717) is 12.5 Å². The summed E-state index contributed by atoms with van der Waals surface area (Å²) >= 11 is 0. The number of aryl methyl sites for hydroxylation is 1. The van der Waals surface area contributed by atoms with Crippen LogP contribution < -0.4 is 15.2 Å². The van der Waals surface area contributed by atoms with Crippen LogP contribution in [0, 0.1) is 12.8 Å². The van der Waals surface area contributed by atoms with Gasteiger partial charge in [0.2, 0.25) is 0 Å². The Kier molecular flexibility index (Phi) is 5.29. The van der Waals surface area contributed by atoms with Gasteiger partial charge < -0.3 is 15.2 Å². The van der Waals surface area contributed by atoms with Crippen molar-refractivity contribution in [1.29, 1.82) is 0 Å². The first-order valence-electron chi connectivity index (χ1n) is 6.07. The molecular weight excluding hydrogens is 214 g/mol. The maximum absolute atomic E-state index is 5.76. The number of nitrogens with two attached hydrogens (primary N) is 1. The zero-order valence-electron chi connectivity index (χ0n) is 11.2. The Labute approximate surface area is 104 Å². The molecule has 0 aliphatic heterocycles. The summed E-state index contributed by atoms with van der Waals surface area (Å²) in [4.78, 5) is 0. The Morgan fingerprint density at radius 3 is 2.41 bits per heavy atom. The van der Waals surface area contributed by atoms with Gasteiger partial charge in [-0.1, -0.05) is 13.3 Å². The second kappa shape index (κ2) is 6.50. The van der Waals surface area contributed by atoms with E-state index in [2.05, 4.69) is 13.8 Å². The molecule has 2 N–H and O–H groups in total. The van der Waals surface area contributed by atoms with Crippen LogP contribution in [0.1, 0.15) is 24.5 Å². The summed E-state index contributed by atoms with van der Waals surface area (Å²) in [6.07, 6.45) is 2.05. The fourth-order valence-electron chi connectivity index (χ4n) is 2.00. The summed E-state index contributed by atoms with van der Waals surface area (Å²) in [6, 6.07) is 3.98. The molecule has 0 aromatic heterocycles. The number of benzene rings is 1. The van der Waals surface area contributed by atoms with E-state index in [4.69, 9.17) is 15.2 Å². The minimum absolute atomic E-state index is 0.510. The van der Waals surface area contributed by atoms with E-state index in [1.807, 2.05) is 12.1 Å². The largest absolute Gasteiger partial charge is 0.497 e. The second-order valence-corrected chi connectivity index (χ2v) is 4.34. The van der Waals surface area contributed by atoms with Crippen molar-refractivity contribution in [2.75, 3.05) is 20.8 Å². The normalized spacial score (nSPS) is 12.3. The van der Waals surface area contributed by atoms with Gasteiger partial charge >= 0.3 is 0 Å². The lowest BCUT2D eigenvalue weighted by Crippen LogP contribution is -2.16. The highest BCUT2D eigenvalue weighted by Crippen LogP contribution is 2.30. The van der Waals surface area contributed by atoms with Crippen LogP contribution in [0.4, 0.5) is 0 Å². The lowest BCUT2D eigenvalue weighted by Gasteiger charge is -2.18. The number of methoxy groups -OCH3 is 2. The summed E-state index contributed by atoms with van der Waals surface area (Å²) in [7, 11) is 3.36. The molecule has 0 aliphatic carbocycles. The number of ether oxygens (including phenoxy) is 2. The van der Waals surface area contributed by atoms with Crippen molar-refractivity contribution in [3.63, 3.8) is 0 Å². The topological polar surface area (TPSA) is 44.5 Å². The molecule has 0 radical (unpaired) electrons. The van der Waals surface area contributed by atoms with Crippen molar-refractivity contribution < 1.29 is 9.47 Å². The Morgan fingerprint density at radius 2 is 1.94 bits per heavy atom. The Hall–Kier alpha value is -1.22. The molecule has 0 bridgehead atoms. The van der Waals surface area contributed by atoms with Gasteiger partial charge in [0.15, 0.2) is 0 Å². The highest BCUT2D eigenvalue weighted by molar-refractivity contribution is 5.46. The quantitative estimate of drug-likeness (QED) is 0.827. The lowest BCUT2D eigenvalue weighted by atomic mass is 9.93. The summed E-state index contributed by atoms with van der Waals surface area (Å²) in [6.45, 7) is 4.97. The maximum Gasteiger partial charge on any atom is 0.126 e. The van der Waals surface area contributed by atoms with Crippen molar-refractivity contribution in [1.82, 2.24) is 0 Å². The fraction of sp³-hybridized carbons (Fsp3) is 0.571. The third-order valence-electron chi connectivity index (χ3n) is 3.26. The van der Waals surface area contributed by atoms with Gasteiger partial charge in [-0.15, -0.1) is 0 Å². The molecule has 0 amide bonds. The summed E-state index contributed by atoms with van der Waals surface area (Å²) in [5.41, 5.74) is 8.21. The van der Waals surface area contributed by atoms with Crippen LogP contribution in [0.5, 0.6) is 11.5 Å². The molecule has 0 aliphatic rings. The molecule has 3 heteroatoms. The predicted molar refractivity (Wildman–Crippen MR) is 70.8 cm³/mol. The molecule has 1 atom stereocenters. The maximum atomic E-state index is 5.76. The Morgan fingerprint density at radius 1 is 1.24 bits per heavy atom. The first-order chi connectivity index (χ1) is 8.15. The molecule has 1 aromatic carbocycles. The smallest absolute Gasteiger partial charge is 0.126 e. The second-order valence-electron chi connectivity index (χ2n) is 4.34. The molecule has 17 heavy (non-hydrogen) atoms. The minimum Gasteiger partial charge on any atom is -0.497 e. The lowest BCUT2D eigenvalue weighted by molar-refractivity contribution is 0.386. The monoisotopic (exact) mass is 237 g/mol. The summed E-state index contributed by atoms with van der Waals surface area (Å²) in [5.74, 6) is 2.24. The van der Waals surface area contributed by atoms with Crippen molar-refractivity contribution in [2.24, 2.45) is 11.7 Å². The number of hydrogen-bond donors (Lipinski definition) is 1. The SMILES string of the molecule is CCC(CN)Cc1c(C)cc(OC)cc1OC. The van der Waals surface area contributed by atoms with Crippen LogP contribution >= 0.6 is 0 Å². The van der Waals surface area contributed by atoms with Crippen molar-refractivity contribution >= 4 is 0 Å². The molecule has 0 heterocycles. The van der Waals surface area contributed by atoms with Crippen LogP contribution in [0.25, 0.3) is 0 Å².